The molecule has 0 N–H and O–H groups in total. The average Bonchev–Trinajstić information content (AvgIpc) is 2.65. The van der Waals surface area contributed by atoms with E-state index in [9.17, 15) is 0 Å². The van der Waals surface area contributed by atoms with Gasteiger partial charge in [-0.3, -0.25) is 0 Å². The van der Waals surface area contributed by atoms with Crippen LogP contribution in [0.15, 0.2) is 18.2 Å². The van der Waals surface area contributed by atoms with Gasteiger partial charge in [0.1, 0.15) is 5.82 Å². The highest BCUT2D eigenvalue weighted by Gasteiger charge is 2.10. The summed E-state index contributed by atoms with van der Waals surface area (Å²) in [5, 5.41) is 8.80. The lowest BCUT2D eigenvalue weighted by Gasteiger charge is -2.06. The number of rotatable bonds is 3. The van der Waals surface area contributed by atoms with E-state index in [0.29, 0.717) is 12.3 Å². The lowest BCUT2D eigenvalue weighted by atomic mass is 10.0. The summed E-state index contributed by atoms with van der Waals surface area (Å²) in [4.78, 5) is 4.56. The molecular weight excluding hydrogens is 210 g/mol. The number of nitriles is 1. The van der Waals surface area contributed by atoms with Gasteiger partial charge in [-0.1, -0.05) is 19.9 Å². The maximum Gasteiger partial charge on any atom is 0.124 e. The van der Waals surface area contributed by atoms with E-state index in [1.807, 2.05) is 0 Å². The number of nitrogens with zero attached hydrogens (tertiary/aromatic N) is 3. The van der Waals surface area contributed by atoms with Crippen molar-refractivity contribution in [3.63, 3.8) is 0 Å². The van der Waals surface area contributed by atoms with E-state index in [-0.39, 0.29) is 0 Å². The maximum absolute atomic E-state index is 8.80. The third kappa shape index (κ3) is 2.03. The number of fused-ring (bicyclic) bond motifs is 1. The third-order valence-corrected chi connectivity index (χ3v) is 3.07. The molecule has 1 heterocycles. The predicted molar refractivity (Wildman–Crippen MR) is 68.8 cm³/mol. The quantitative estimate of drug-likeness (QED) is 0.807. The molecule has 0 fully saturated rings. The minimum absolute atomic E-state index is 0.375. The van der Waals surface area contributed by atoms with Crippen molar-refractivity contribution in [2.24, 2.45) is 0 Å². The topological polar surface area (TPSA) is 41.6 Å². The van der Waals surface area contributed by atoms with Crippen LogP contribution in [0.2, 0.25) is 0 Å². The Labute approximate surface area is 102 Å². The van der Waals surface area contributed by atoms with Crippen molar-refractivity contribution in [1.82, 2.24) is 9.55 Å². The summed E-state index contributed by atoms with van der Waals surface area (Å²) in [6.07, 6.45) is 0.375. The van der Waals surface area contributed by atoms with Gasteiger partial charge in [0.25, 0.3) is 0 Å². The molecule has 0 saturated heterocycles. The summed E-state index contributed by atoms with van der Waals surface area (Å²) in [5.74, 6) is 1.37. The highest BCUT2D eigenvalue weighted by molar-refractivity contribution is 5.77. The molecule has 0 bridgehead atoms. The van der Waals surface area contributed by atoms with Crippen molar-refractivity contribution in [3.05, 3.63) is 29.6 Å². The van der Waals surface area contributed by atoms with Crippen LogP contribution < -0.4 is 0 Å². The van der Waals surface area contributed by atoms with Crippen molar-refractivity contribution in [2.75, 3.05) is 0 Å². The van der Waals surface area contributed by atoms with Gasteiger partial charge in [0.05, 0.1) is 23.5 Å². The van der Waals surface area contributed by atoms with Crippen LogP contribution in [0, 0.1) is 11.3 Å². The summed E-state index contributed by atoms with van der Waals surface area (Å²) < 4.78 is 2.11. The fourth-order valence-electron chi connectivity index (χ4n) is 2.11. The Morgan fingerprint density at radius 3 is 2.76 bits per heavy atom. The Morgan fingerprint density at radius 2 is 2.18 bits per heavy atom. The van der Waals surface area contributed by atoms with E-state index < -0.39 is 0 Å². The van der Waals surface area contributed by atoms with Gasteiger partial charge in [-0.25, -0.2) is 4.98 Å². The van der Waals surface area contributed by atoms with Crippen molar-refractivity contribution in [1.29, 1.82) is 5.26 Å². The standard InChI is InChI=1S/C14H17N3/c1-4-17-13-6-5-11(10(2)3)9-12(13)16-14(17)7-8-15/h5-6,9-10H,4,7H2,1-3H3. The van der Waals surface area contributed by atoms with Crippen molar-refractivity contribution in [3.8, 4) is 6.07 Å². The fraction of sp³-hybridized carbons (Fsp3) is 0.429. The van der Waals surface area contributed by atoms with Gasteiger partial charge < -0.3 is 4.57 Å². The second kappa shape index (κ2) is 4.58. The van der Waals surface area contributed by atoms with Crippen LogP contribution in [-0.2, 0) is 13.0 Å². The summed E-state index contributed by atoms with van der Waals surface area (Å²) in [7, 11) is 0. The summed E-state index contributed by atoms with van der Waals surface area (Å²) in [6, 6.07) is 8.57. The second-order valence-electron chi connectivity index (χ2n) is 4.51. The summed E-state index contributed by atoms with van der Waals surface area (Å²) in [5.41, 5.74) is 3.42. The Bertz CT molecular complexity index is 573. The first-order valence-corrected chi connectivity index (χ1v) is 6.03. The monoisotopic (exact) mass is 227 g/mol. The van der Waals surface area contributed by atoms with Crippen LogP contribution in [0.1, 0.15) is 38.1 Å². The molecular formula is C14H17N3. The molecule has 1 aromatic heterocycles. The van der Waals surface area contributed by atoms with Crippen LogP contribution in [0.25, 0.3) is 11.0 Å². The molecule has 2 rings (SSSR count). The molecule has 17 heavy (non-hydrogen) atoms. The molecule has 0 spiro atoms. The van der Waals surface area contributed by atoms with E-state index in [1.54, 1.807) is 0 Å². The molecule has 3 nitrogen and oxygen atoms in total. The number of hydrogen-bond acceptors (Lipinski definition) is 2. The Morgan fingerprint density at radius 1 is 1.41 bits per heavy atom. The van der Waals surface area contributed by atoms with Crippen LogP contribution >= 0.6 is 0 Å². The molecule has 0 saturated carbocycles. The maximum atomic E-state index is 8.80. The lowest BCUT2D eigenvalue weighted by molar-refractivity contribution is 0.739. The molecule has 0 amide bonds. The number of hydrogen-bond donors (Lipinski definition) is 0. The first kappa shape index (κ1) is 11.7. The van der Waals surface area contributed by atoms with Gasteiger partial charge >= 0.3 is 0 Å². The van der Waals surface area contributed by atoms with Crippen LogP contribution in [-0.4, -0.2) is 9.55 Å². The predicted octanol–water partition coefficient (Wildman–Crippen LogP) is 3.25. The molecule has 1 aromatic carbocycles. The van der Waals surface area contributed by atoms with E-state index in [1.165, 1.54) is 5.56 Å². The van der Waals surface area contributed by atoms with Gasteiger partial charge in [-0.05, 0) is 30.5 Å². The van der Waals surface area contributed by atoms with Gasteiger partial charge in [-0.2, -0.15) is 5.26 Å². The molecule has 0 atom stereocenters. The minimum atomic E-state index is 0.375. The zero-order valence-corrected chi connectivity index (χ0v) is 10.6. The second-order valence-corrected chi connectivity index (χ2v) is 4.51. The summed E-state index contributed by atoms with van der Waals surface area (Å²) >= 11 is 0. The zero-order chi connectivity index (χ0) is 12.4. The normalized spacial score (nSPS) is 11.0. The molecule has 0 unspecified atom stereocenters. The number of benzene rings is 1. The van der Waals surface area contributed by atoms with E-state index in [2.05, 4.69) is 54.6 Å². The lowest BCUT2D eigenvalue weighted by Crippen LogP contribution is -2.00. The smallest absolute Gasteiger partial charge is 0.124 e. The Balaban J connectivity index is 2.61. The molecule has 2 aromatic rings. The summed E-state index contributed by atoms with van der Waals surface area (Å²) in [6.45, 7) is 7.29. The van der Waals surface area contributed by atoms with E-state index in [0.717, 1.165) is 23.4 Å². The molecule has 0 aliphatic rings. The molecule has 0 radical (unpaired) electrons. The zero-order valence-electron chi connectivity index (χ0n) is 10.6. The number of aryl methyl sites for hydroxylation is 1. The highest BCUT2D eigenvalue weighted by Crippen LogP contribution is 2.22. The third-order valence-electron chi connectivity index (χ3n) is 3.07. The number of imidazole rings is 1. The molecule has 3 heteroatoms. The first-order chi connectivity index (χ1) is 8.17. The Hall–Kier alpha value is -1.82. The first-order valence-electron chi connectivity index (χ1n) is 6.03. The average molecular weight is 227 g/mol. The van der Waals surface area contributed by atoms with Gasteiger partial charge in [-0.15, -0.1) is 0 Å². The van der Waals surface area contributed by atoms with Crippen molar-refractivity contribution in [2.45, 2.75) is 39.7 Å². The van der Waals surface area contributed by atoms with Crippen LogP contribution in [0.4, 0.5) is 0 Å². The van der Waals surface area contributed by atoms with E-state index in [4.69, 9.17) is 5.26 Å². The largest absolute Gasteiger partial charge is 0.327 e. The fourth-order valence-corrected chi connectivity index (χ4v) is 2.11. The van der Waals surface area contributed by atoms with Gasteiger partial charge in [0.2, 0.25) is 0 Å². The highest BCUT2D eigenvalue weighted by atomic mass is 15.1. The van der Waals surface area contributed by atoms with Crippen molar-refractivity contribution < 1.29 is 0 Å². The molecule has 0 aliphatic carbocycles. The van der Waals surface area contributed by atoms with Crippen molar-refractivity contribution >= 4 is 11.0 Å². The van der Waals surface area contributed by atoms with Gasteiger partial charge in [0, 0.05) is 6.54 Å². The molecule has 88 valence electrons. The SMILES string of the molecule is CCn1c(CC#N)nc2cc(C(C)C)ccc21. The minimum Gasteiger partial charge on any atom is -0.327 e. The van der Waals surface area contributed by atoms with Crippen LogP contribution in [0.5, 0.6) is 0 Å². The number of aromatic nitrogens is 2. The molecule has 0 aliphatic heterocycles. The van der Waals surface area contributed by atoms with Crippen LogP contribution in [0.3, 0.4) is 0 Å². The Kier molecular flexibility index (Phi) is 3.14. The van der Waals surface area contributed by atoms with E-state index >= 15 is 0 Å². The van der Waals surface area contributed by atoms with Gasteiger partial charge in [0.15, 0.2) is 0 Å².